The first-order valence-electron chi connectivity index (χ1n) is 9.76. The van der Waals surface area contributed by atoms with Crippen LogP contribution in [0, 0.1) is 13.8 Å². The van der Waals surface area contributed by atoms with E-state index in [1.165, 1.54) is 11.1 Å². The molecular formula is C25H24N2O3. The van der Waals surface area contributed by atoms with E-state index in [-0.39, 0.29) is 5.75 Å². The zero-order valence-electron chi connectivity index (χ0n) is 17.3. The second kappa shape index (κ2) is 8.33. The normalized spacial score (nSPS) is 10.8. The first-order valence-corrected chi connectivity index (χ1v) is 9.76. The summed E-state index contributed by atoms with van der Waals surface area (Å²) in [7, 11) is 1.64. The predicted octanol–water partition coefficient (Wildman–Crippen LogP) is 5.65. The van der Waals surface area contributed by atoms with Crippen LogP contribution in [0.3, 0.4) is 0 Å². The van der Waals surface area contributed by atoms with Gasteiger partial charge in [0.05, 0.1) is 19.0 Å². The standard InChI is InChI=1S/C25H24N2O3/c1-16-8-9-17(2)18(12-16)15-30-19-10-11-21(23(28)13-19)25-22(14-26-27-25)20-6-4-5-7-24(20)29-3/h4-14,28H,15H2,1-3H3,(H,26,27). The van der Waals surface area contributed by atoms with E-state index in [9.17, 15) is 5.11 Å². The Balaban J connectivity index is 1.61. The summed E-state index contributed by atoms with van der Waals surface area (Å²) in [4.78, 5) is 0. The first-order chi connectivity index (χ1) is 14.6. The highest BCUT2D eigenvalue weighted by molar-refractivity contribution is 5.85. The van der Waals surface area contributed by atoms with Gasteiger partial charge in [-0.25, -0.2) is 0 Å². The van der Waals surface area contributed by atoms with Gasteiger partial charge in [0.25, 0.3) is 0 Å². The number of methoxy groups -OCH3 is 1. The van der Waals surface area contributed by atoms with Crippen molar-refractivity contribution in [3.8, 4) is 39.6 Å². The fraction of sp³-hybridized carbons (Fsp3) is 0.160. The topological polar surface area (TPSA) is 67.4 Å². The number of aromatic hydroxyl groups is 1. The van der Waals surface area contributed by atoms with Crippen LogP contribution in [0.1, 0.15) is 16.7 Å². The van der Waals surface area contributed by atoms with Crippen molar-refractivity contribution in [2.24, 2.45) is 0 Å². The maximum absolute atomic E-state index is 10.7. The molecular weight excluding hydrogens is 376 g/mol. The van der Waals surface area contributed by atoms with Gasteiger partial charge in [-0.15, -0.1) is 0 Å². The summed E-state index contributed by atoms with van der Waals surface area (Å²) < 4.78 is 11.4. The number of H-pyrrole nitrogens is 1. The van der Waals surface area contributed by atoms with Crippen LogP contribution in [0.2, 0.25) is 0 Å². The summed E-state index contributed by atoms with van der Waals surface area (Å²) in [6.45, 7) is 4.58. The van der Waals surface area contributed by atoms with Crippen LogP contribution in [0.4, 0.5) is 0 Å². The van der Waals surface area contributed by atoms with Gasteiger partial charge < -0.3 is 14.6 Å². The molecule has 0 unspecified atom stereocenters. The van der Waals surface area contributed by atoms with Gasteiger partial charge in [-0.05, 0) is 43.2 Å². The zero-order valence-corrected chi connectivity index (χ0v) is 17.3. The number of ether oxygens (including phenoxy) is 2. The Morgan fingerprint density at radius 2 is 1.77 bits per heavy atom. The van der Waals surface area contributed by atoms with Gasteiger partial charge >= 0.3 is 0 Å². The molecule has 1 aromatic heterocycles. The van der Waals surface area contributed by atoms with E-state index in [1.807, 2.05) is 36.4 Å². The van der Waals surface area contributed by atoms with Crippen LogP contribution in [0.5, 0.6) is 17.2 Å². The van der Waals surface area contributed by atoms with E-state index >= 15 is 0 Å². The summed E-state index contributed by atoms with van der Waals surface area (Å²) >= 11 is 0. The lowest BCUT2D eigenvalue weighted by atomic mass is 10.0. The Bertz CT molecular complexity index is 1180. The fourth-order valence-electron chi connectivity index (χ4n) is 3.49. The third-order valence-corrected chi connectivity index (χ3v) is 5.17. The summed E-state index contributed by atoms with van der Waals surface area (Å²) in [6, 6.07) is 19.3. The van der Waals surface area contributed by atoms with E-state index < -0.39 is 0 Å². The Labute approximate surface area is 175 Å². The molecule has 0 fully saturated rings. The monoisotopic (exact) mass is 400 g/mol. The second-order valence-corrected chi connectivity index (χ2v) is 7.26. The molecule has 0 radical (unpaired) electrons. The number of nitrogens with one attached hydrogen (secondary N) is 1. The zero-order chi connectivity index (χ0) is 21.1. The molecule has 5 nitrogen and oxygen atoms in total. The molecule has 0 bridgehead atoms. The van der Waals surface area contributed by atoms with Crippen molar-refractivity contribution < 1.29 is 14.6 Å². The molecule has 4 rings (SSSR count). The Hall–Kier alpha value is -3.73. The molecule has 5 heteroatoms. The van der Waals surface area contributed by atoms with Gasteiger partial charge in [0.15, 0.2) is 0 Å². The van der Waals surface area contributed by atoms with Gasteiger partial charge in [0, 0.05) is 22.8 Å². The lowest BCUT2D eigenvalue weighted by Gasteiger charge is -2.12. The van der Waals surface area contributed by atoms with Gasteiger partial charge in [0.2, 0.25) is 0 Å². The lowest BCUT2D eigenvalue weighted by molar-refractivity contribution is 0.303. The minimum absolute atomic E-state index is 0.119. The molecule has 0 saturated heterocycles. The van der Waals surface area contributed by atoms with E-state index in [0.717, 1.165) is 28.1 Å². The Morgan fingerprint density at radius 1 is 0.933 bits per heavy atom. The molecule has 0 amide bonds. The molecule has 0 aliphatic carbocycles. The smallest absolute Gasteiger partial charge is 0.128 e. The van der Waals surface area contributed by atoms with Crippen LogP contribution in [-0.4, -0.2) is 22.4 Å². The van der Waals surface area contributed by atoms with Crippen LogP contribution < -0.4 is 9.47 Å². The maximum Gasteiger partial charge on any atom is 0.128 e. The van der Waals surface area contributed by atoms with Crippen molar-refractivity contribution in [3.63, 3.8) is 0 Å². The third kappa shape index (κ3) is 3.87. The number of phenols is 1. The Morgan fingerprint density at radius 3 is 2.57 bits per heavy atom. The number of para-hydroxylation sites is 1. The number of hydrogen-bond acceptors (Lipinski definition) is 4. The molecule has 0 spiro atoms. The maximum atomic E-state index is 10.7. The molecule has 4 aromatic rings. The molecule has 2 N–H and O–H groups in total. The van der Waals surface area contributed by atoms with Crippen molar-refractivity contribution in [1.82, 2.24) is 10.2 Å². The number of phenolic OH excluding ortho intramolecular Hbond substituents is 1. The highest BCUT2D eigenvalue weighted by Gasteiger charge is 2.16. The third-order valence-electron chi connectivity index (χ3n) is 5.17. The summed E-state index contributed by atoms with van der Waals surface area (Å²) in [5.74, 6) is 1.47. The predicted molar refractivity (Wildman–Crippen MR) is 118 cm³/mol. The van der Waals surface area contributed by atoms with Gasteiger partial charge in [0.1, 0.15) is 23.9 Å². The molecule has 0 aliphatic rings. The van der Waals surface area contributed by atoms with Crippen LogP contribution in [-0.2, 0) is 6.61 Å². The van der Waals surface area contributed by atoms with Gasteiger partial charge in [-0.3, -0.25) is 5.10 Å². The van der Waals surface area contributed by atoms with Crippen molar-refractivity contribution in [2.45, 2.75) is 20.5 Å². The number of aryl methyl sites for hydroxylation is 2. The van der Waals surface area contributed by atoms with Crippen molar-refractivity contribution >= 4 is 0 Å². The average molecular weight is 400 g/mol. The molecule has 0 saturated carbocycles. The van der Waals surface area contributed by atoms with E-state index in [2.05, 4.69) is 42.2 Å². The quantitative estimate of drug-likeness (QED) is 0.439. The minimum atomic E-state index is 0.119. The summed E-state index contributed by atoms with van der Waals surface area (Å²) in [5, 5.41) is 17.9. The SMILES string of the molecule is COc1ccccc1-c1cn[nH]c1-c1ccc(OCc2cc(C)ccc2C)cc1O. The fourth-order valence-corrected chi connectivity index (χ4v) is 3.49. The number of aromatic nitrogens is 2. The number of nitrogens with zero attached hydrogens (tertiary/aromatic N) is 1. The second-order valence-electron chi connectivity index (χ2n) is 7.26. The number of hydrogen-bond donors (Lipinski definition) is 2. The Kier molecular flexibility index (Phi) is 5.44. The van der Waals surface area contributed by atoms with Crippen molar-refractivity contribution in [2.75, 3.05) is 7.11 Å². The van der Waals surface area contributed by atoms with Crippen LogP contribution in [0.25, 0.3) is 22.4 Å². The summed E-state index contributed by atoms with van der Waals surface area (Å²) in [5.41, 5.74) is 6.63. The molecule has 0 atom stereocenters. The highest BCUT2D eigenvalue weighted by atomic mass is 16.5. The lowest BCUT2D eigenvalue weighted by Crippen LogP contribution is -1.98. The molecule has 152 valence electrons. The largest absolute Gasteiger partial charge is 0.507 e. The molecule has 30 heavy (non-hydrogen) atoms. The van der Waals surface area contributed by atoms with Crippen molar-refractivity contribution in [1.29, 1.82) is 0 Å². The van der Waals surface area contributed by atoms with Gasteiger partial charge in [-0.1, -0.05) is 42.0 Å². The summed E-state index contributed by atoms with van der Waals surface area (Å²) in [6.07, 6.45) is 1.73. The molecule has 3 aromatic carbocycles. The van der Waals surface area contributed by atoms with Crippen LogP contribution >= 0.6 is 0 Å². The first kappa shape index (κ1) is 19.6. The average Bonchev–Trinajstić information content (AvgIpc) is 3.23. The van der Waals surface area contributed by atoms with Gasteiger partial charge in [-0.2, -0.15) is 5.10 Å². The number of aromatic amines is 1. The van der Waals surface area contributed by atoms with E-state index in [0.29, 0.717) is 17.9 Å². The van der Waals surface area contributed by atoms with E-state index in [4.69, 9.17) is 9.47 Å². The van der Waals surface area contributed by atoms with Crippen molar-refractivity contribution in [3.05, 3.63) is 83.6 Å². The minimum Gasteiger partial charge on any atom is -0.507 e. The molecule has 1 heterocycles. The number of rotatable bonds is 6. The van der Waals surface area contributed by atoms with E-state index in [1.54, 1.807) is 19.4 Å². The number of benzene rings is 3. The molecule has 0 aliphatic heterocycles. The highest BCUT2D eigenvalue weighted by Crippen LogP contribution is 2.40. The van der Waals surface area contributed by atoms with Crippen LogP contribution in [0.15, 0.2) is 66.9 Å².